The Morgan fingerprint density at radius 3 is 2.82 bits per heavy atom. The molecule has 2 rings (SSSR count). The number of carbonyl (C=O) groups is 1. The Balaban J connectivity index is 2.15. The number of carbonyl (C=O) groups excluding carboxylic acids is 1. The predicted octanol–water partition coefficient (Wildman–Crippen LogP) is 1.56. The van der Waals surface area contributed by atoms with Gasteiger partial charge in [0.05, 0.1) is 13.2 Å². The summed E-state index contributed by atoms with van der Waals surface area (Å²) in [5.74, 6) is -0.100. The summed E-state index contributed by atoms with van der Waals surface area (Å²) in [6.07, 6.45) is 0. The minimum atomic E-state index is -0.575. The van der Waals surface area contributed by atoms with Crippen LogP contribution in [0.25, 0.3) is 0 Å². The average Bonchev–Trinajstić information content (AvgIpc) is 2.23. The zero-order chi connectivity index (χ0) is 12.5. The smallest absolute Gasteiger partial charge is 0.236 e. The summed E-state index contributed by atoms with van der Waals surface area (Å²) in [4.78, 5) is 12.1. The molecular weight excluding hydrogens is 240 g/mol. The van der Waals surface area contributed by atoms with E-state index >= 15 is 0 Å². The quantitative estimate of drug-likeness (QED) is 0.861. The summed E-state index contributed by atoms with van der Waals surface area (Å²) >= 11 is 5.90. The highest BCUT2D eigenvalue weighted by molar-refractivity contribution is 6.31. The monoisotopic (exact) mass is 254 g/mol. The zero-order valence-corrected chi connectivity index (χ0v) is 10.4. The van der Waals surface area contributed by atoms with Crippen molar-refractivity contribution in [2.45, 2.75) is 6.92 Å². The number of anilines is 1. The standard InChI is InChI=1S/C12H15ClN2O2/c1-8-2-3-9(13)4-10(8)15-11(16)12(5-14)6-17-7-12/h2-4H,5-7,14H2,1H3,(H,15,16). The van der Waals surface area contributed by atoms with Crippen LogP contribution in [-0.2, 0) is 9.53 Å². The number of nitrogens with one attached hydrogen (secondary N) is 1. The van der Waals surface area contributed by atoms with Gasteiger partial charge in [-0.2, -0.15) is 0 Å². The van der Waals surface area contributed by atoms with Gasteiger partial charge in [-0.1, -0.05) is 17.7 Å². The molecule has 1 amide bonds. The van der Waals surface area contributed by atoms with Gasteiger partial charge in [0.2, 0.25) is 5.91 Å². The molecule has 0 aromatic heterocycles. The lowest BCUT2D eigenvalue weighted by Gasteiger charge is -2.38. The third kappa shape index (κ3) is 2.29. The van der Waals surface area contributed by atoms with Gasteiger partial charge in [-0.05, 0) is 24.6 Å². The average molecular weight is 255 g/mol. The van der Waals surface area contributed by atoms with Crippen LogP contribution in [0.2, 0.25) is 5.02 Å². The van der Waals surface area contributed by atoms with E-state index in [1.165, 1.54) is 0 Å². The Labute approximate surface area is 105 Å². The lowest BCUT2D eigenvalue weighted by atomic mass is 9.85. The molecule has 0 spiro atoms. The van der Waals surface area contributed by atoms with E-state index in [0.29, 0.717) is 24.8 Å². The molecule has 0 unspecified atom stereocenters. The van der Waals surface area contributed by atoms with Gasteiger partial charge in [-0.25, -0.2) is 0 Å². The number of hydrogen-bond donors (Lipinski definition) is 2. The normalized spacial score (nSPS) is 17.4. The highest BCUT2D eigenvalue weighted by Crippen LogP contribution is 2.29. The van der Waals surface area contributed by atoms with Crippen molar-refractivity contribution in [2.24, 2.45) is 11.1 Å². The SMILES string of the molecule is Cc1ccc(Cl)cc1NC(=O)C1(CN)COC1. The Bertz CT molecular complexity index is 439. The summed E-state index contributed by atoms with van der Waals surface area (Å²) in [6.45, 7) is 2.97. The van der Waals surface area contributed by atoms with Crippen molar-refractivity contribution in [3.05, 3.63) is 28.8 Å². The zero-order valence-electron chi connectivity index (χ0n) is 9.63. The van der Waals surface area contributed by atoms with Crippen LogP contribution in [0, 0.1) is 12.3 Å². The molecule has 0 radical (unpaired) electrons. The summed E-state index contributed by atoms with van der Waals surface area (Å²) in [6, 6.07) is 5.39. The van der Waals surface area contributed by atoms with Crippen molar-refractivity contribution in [1.82, 2.24) is 0 Å². The molecule has 1 aromatic carbocycles. The van der Waals surface area contributed by atoms with Crippen molar-refractivity contribution in [2.75, 3.05) is 25.1 Å². The number of benzene rings is 1. The van der Waals surface area contributed by atoms with Gasteiger partial charge in [0.15, 0.2) is 0 Å². The van der Waals surface area contributed by atoms with E-state index in [1.807, 2.05) is 13.0 Å². The lowest BCUT2D eigenvalue weighted by Crippen LogP contribution is -2.56. The van der Waals surface area contributed by atoms with Gasteiger partial charge in [-0.3, -0.25) is 4.79 Å². The number of nitrogens with two attached hydrogens (primary N) is 1. The third-order valence-corrected chi connectivity index (χ3v) is 3.31. The molecule has 92 valence electrons. The van der Waals surface area contributed by atoms with Gasteiger partial charge in [0.1, 0.15) is 5.41 Å². The Hall–Kier alpha value is -1.10. The van der Waals surface area contributed by atoms with Gasteiger partial charge in [0, 0.05) is 17.3 Å². The molecule has 17 heavy (non-hydrogen) atoms. The summed E-state index contributed by atoms with van der Waals surface area (Å²) in [7, 11) is 0. The first kappa shape index (κ1) is 12.4. The maximum absolute atomic E-state index is 12.1. The lowest BCUT2D eigenvalue weighted by molar-refractivity contribution is -0.153. The summed E-state index contributed by atoms with van der Waals surface area (Å²) < 4.78 is 5.08. The number of hydrogen-bond acceptors (Lipinski definition) is 3. The Kier molecular flexibility index (Phi) is 3.38. The predicted molar refractivity (Wildman–Crippen MR) is 67.1 cm³/mol. The highest BCUT2D eigenvalue weighted by Gasteiger charge is 2.44. The van der Waals surface area contributed by atoms with Crippen molar-refractivity contribution < 1.29 is 9.53 Å². The molecule has 0 aliphatic carbocycles. The van der Waals surface area contributed by atoms with Crippen LogP contribution in [0.15, 0.2) is 18.2 Å². The van der Waals surface area contributed by atoms with E-state index < -0.39 is 5.41 Å². The van der Waals surface area contributed by atoms with Crippen molar-refractivity contribution in [1.29, 1.82) is 0 Å². The second kappa shape index (κ2) is 4.64. The molecule has 1 heterocycles. The molecule has 1 fully saturated rings. The van der Waals surface area contributed by atoms with Crippen LogP contribution >= 0.6 is 11.6 Å². The second-order valence-electron chi connectivity index (χ2n) is 4.39. The fraction of sp³-hybridized carbons (Fsp3) is 0.417. The highest BCUT2D eigenvalue weighted by atomic mass is 35.5. The van der Waals surface area contributed by atoms with E-state index in [-0.39, 0.29) is 5.91 Å². The molecule has 3 N–H and O–H groups in total. The molecular formula is C12H15ClN2O2. The molecule has 4 nitrogen and oxygen atoms in total. The van der Waals surface area contributed by atoms with Crippen molar-refractivity contribution >= 4 is 23.2 Å². The Morgan fingerprint density at radius 1 is 1.59 bits per heavy atom. The molecule has 1 aliphatic rings. The van der Waals surface area contributed by atoms with Crippen LogP contribution in [0.4, 0.5) is 5.69 Å². The first-order valence-corrected chi connectivity index (χ1v) is 5.81. The van der Waals surface area contributed by atoms with Crippen LogP contribution < -0.4 is 11.1 Å². The van der Waals surface area contributed by atoms with E-state index in [1.54, 1.807) is 12.1 Å². The number of rotatable bonds is 3. The van der Waals surface area contributed by atoms with Gasteiger partial charge in [-0.15, -0.1) is 0 Å². The van der Waals surface area contributed by atoms with Gasteiger partial charge in [0.25, 0.3) is 0 Å². The minimum Gasteiger partial charge on any atom is -0.379 e. The first-order chi connectivity index (χ1) is 8.07. The summed E-state index contributed by atoms with van der Waals surface area (Å²) in [5.41, 5.74) is 6.74. The topological polar surface area (TPSA) is 64.4 Å². The fourth-order valence-electron chi connectivity index (χ4n) is 1.67. The molecule has 1 aromatic rings. The van der Waals surface area contributed by atoms with E-state index in [9.17, 15) is 4.79 Å². The molecule has 0 saturated carbocycles. The van der Waals surface area contributed by atoms with E-state index in [0.717, 1.165) is 11.3 Å². The number of amides is 1. The van der Waals surface area contributed by atoms with Gasteiger partial charge >= 0.3 is 0 Å². The number of ether oxygens (including phenoxy) is 1. The van der Waals surface area contributed by atoms with E-state index in [2.05, 4.69) is 5.32 Å². The number of halogens is 1. The Morgan fingerprint density at radius 2 is 2.29 bits per heavy atom. The second-order valence-corrected chi connectivity index (χ2v) is 4.83. The largest absolute Gasteiger partial charge is 0.379 e. The molecule has 1 saturated heterocycles. The molecule has 0 atom stereocenters. The molecule has 5 heteroatoms. The van der Waals surface area contributed by atoms with Crippen LogP contribution in [0.1, 0.15) is 5.56 Å². The maximum atomic E-state index is 12.1. The fourth-order valence-corrected chi connectivity index (χ4v) is 1.85. The van der Waals surface area contributed by atoms with Gasteiger partial charge < -0.3 is 15.8 Å². The van der Waals surface area contributed by atoms with Crippen molar-refractivity contribution in [3.63, 3.8) is 0 Å². The van der Waals surface area contributed by atoms with Crippen molar-refractivity contribution in [3.8, 4) is 0 Å². The van der Waals surface area contributed by atoms with Crippen LogP contribution in [-0.4, -0.2) is 25.7 Å². The molecule has 1 aliphatic heterocycles. The summed E-state index contributed by atoms with van der Waals surface area (Å²) in [5, 5.41) is 3.46. The van der Waals surface area contributed by atoms with Crippen LogP contribution in [0.5, 0.6) is 0 Å². The van der Waals surface area contributed by atoms with E-state index in [4.69, 9.17) is 22.1 Å². The minimum absolute atomic E-state index is 0.100. The first-order valence-electron chi connectivity index (χ1n) is 5.43. The number of aryl methyl sites for hydroxylation is 1. The maximum Gasteiger partial charge on any atom is 0.236 e. The molecule has 0 bridgehead atoms. The van der Waals surface area contributed by atoms with Crippen LogP contribution in [0.3, 0.4) is 0 Å². The third-order valence-electron chi connectivity index (χ3n) is 3.08.